The fourth-order valence-corrected chi connectivity index (χ4v) is 3.40. The molecule has 0 bridgehead atoms. The highest BCUT2D eigenvalue weighted by Crippen LogP contribution is 2.34. The van der Waals surface area contributed by atoms with Gasteiger partial charge in [0, 0.05) is 23.7 Å². The van der Waals surface area contributed by atoms with Crippen molar-refractivity contribution in [1.82, 2.24) is 5.32 Å². The van der Waals surface area contributed by atoms with E-state index in [1.807, 2.05) is 24.3 Å². The van der Waals surface area contributed by atoms with Crippen LogP contribution in [0.4, 0.5) is 5.69 Å². The van der Waals surface area contributed by atoms with Crippen molar-refractivity contribution in [3.8, 4) is 5.75 Å². The molecule has 6 nitrogen and oxygen atoms in total. The third-order valence-electron chi connectivity index (χ3n) is 4.99. The Labute approximate surface area is 174 Å². The monoisotopic (exact) mass is 400 g/mol. The number of fused-ring (bicyclic) bond motifs is 1. The molecule has 1 aliphatic rings. The van der Waals surface area contributed by atoms with Gasteiger partial charge in [-0.25, -0.2) is 0 Å². The zero-order valence-corrected chi connectivity index (χ0v) is 16.4. The third kappa shape index (κ3) is 3.67. The number of hydrogen-bond acceptors (Lipinski definition) is 4. The van der Waals surface area contributed by atoms with Crippen molar-refractivity contribution >= 4 is 23.3 Å². The lowest BCUT2D eigenvalue weighted by Gasteiger charge is -2.34. The van der Waals surface area contributed by atoms with Crippen LogP contribution in [0, 0.1) is 0 Å². The van der Waals surface area contributed by atoms with Crippen molar-refractivity contribution in [2.75, 3.05) is 18.5 Å². The maximum Gasteiger partial charge on any atom is 0.262 e. The van der Waals surface area contributed by atoms with E-state index < -0.39 is 6.10 Å². The molecule has 0 aromatic heterocycles. The Morgan fingerprint density at radius 3 is 2.13 bits per heavy atom. The summed E-state index contributed by atoms with van der Waals surface area (Å²) in [7, 11) is 1.53. The summed E-state index contributed by atoms with van der Waals surface area (Å²) in [4.78, 5) is 39.5. The van der Waals surface area contributed by atoms with E-state index in [1.165, 1.54) is 11.9 Å². The van der Waals surface area contributed by atoms with Crippen LogP contribution < -0.4 is 15.0 Å². The van der Waals surface area contributed by atoms with Crippen molar-refractivity contribution in [2.24, 2.45) is 0 Å². The van der Waals surface area contributed by atoms with E-state index in [1.54, 1.807) is 54.6 Å². The number of nitrogens with zero attached hydrogens (tertiary/aromatic N) is 1. The fourth-order valence-electron chi connectivity index (χ4n) is 3.40. The zero-order valence-electron chi connectivity index (χ0n) is 16.4. The average Bonchev–Trinajstić information content (AvgIpc) is 2.82. The van der Waals surface area contributed by atoms with Crippen LogP contribution in [0.2, 0.25) is 0 Å². The molecule has 0 spiro atoms. The largest absolute Gasteiger partial charge is 0.477 e. The Morgan fingerprint density at radius 1 is 0.833 bits per heavy atom. The lowest BCUT2D eigenvalue weighted by atomic mass is 10.0. The number of nitrogens with one attached hydrogen (secondary N) is 1. The van der Waals surface area contributed by atoms with Gasteiger partial charge in [0.05, 0.1) is 12.2 Å². The van der Waals surface area contributed by atoms with Crippen LogP contribution >= 0.6 is 0 Å². The Morgan fingerprint density at radius 2 is 1.43 bits per heavy atom. The molecule has 1 N–H and O–H groups in total. The molecule has 0 aliphatic carbocycles. The molecule has 1 heterocycles. The minimum atomic E-state index is -0.798. The topological polar surface area (TPSA) is 75.7 Å². The average molecular weight is 400 g/mol. The van der Waals surface area contributed by atoms with E-state index in [0.717, 1.165) is 0 Å². The molecule has 1 aliphatic heterocycles. The molecule has 2 amide bonds. The van der Waals surface area contributed by atoms with Crippen LogP contribution in [-0.4, -0.2) is 37.3 Å². The summed E-state index contributed by atoms with van der Waals surface area (Å²) >= 11 is 0. The van der Waals surface area contributed by atoms with Gasteiger partial charge in [-0.2, -0.15) is 0 Å². The Balaban J connectivity index is 1.61. The summed E-state index contributed by atoms with van der Waals surface area (Å²) in [5.41, 5.74) is 2.12. The second-order valence-electron chi connectivity index (χ2n) is 6.88. The summed E-state index contributed by atoms with van der Waals surface area (Å²) in [6, 6.07) is 22.6. The second-order valence-corrected chi connectivity index (χ2v) is 6.88. The molecule has 0 unspecified atom stereocenters. The first-order valence-corrected chi connectivity index (χ1v) is 9.57. The molecule has 0 saturated carbocycles. The molecule has 6 heteroatoms. The van der Waals surface area contributed by atoms with Crippen LogP contribution in [0.5, 0.6) is 5.75 Å². The van der Waals surface area contributed by atoms with Gasteiger partial charge in [0.2, 0.25) is 0 Å². The van der Waals surface area contributed by atoms with Gasteiger partial charge in [-0.05, 0) is 24.3 Å². The number of para-hydroxylation sites is 2. The molecule has 150 valence electrons. The Bertz CT molecular complexity index is 1090. The molecule has 0 saturated heterocycles. The molecule has 30 heavy (non-hydrogen) atoms. The highest BCUT2D eigenvalue weighted by Gasteiger charge is 2.33. The first kappa shape index (κ1) is 19.4. The van der Waals surface area contributed by atoms with Gasteiger partial charge in [-0.1, -0.05) is 54.6 Å². The fraction of sp³-hybridized carbons (Fsp3) is 0.125. The van der Waals surface area contributed by atoms with E-state index in [-0.39, 0.29) is 24.1 Å². The number of anilines is 1. The predicted molar refractivity (Wildman–Crippen MR) is 113 cm³/mol. The third-order valence-corrected chi connectivity index (χ3v) is 4.99. The molecule has 4 rings (SSSR count). The molecule has 0 fully saturated rings. The summed E-state index contributed by atoms with van der Waals surface area (Å²) < 4.78 is 5.75. The number of hydrogen-bond donors (Lipinski definition) is 1. The van der Waals surface area contributed by atoms with E-state index in [2.05, 4.69) is 5.32 Å². The molecule has 0 radical (unpaired) electrons. The first-order chi connectivity index (χ1) is 14.6. The number of benzene rings is 3. The van der Waals surface area contributed by atoms with E-state index in [9.17, 15) is 14.4 Å². The second kappa shape index (κ2) is 8.21. The van der Waals surface area contributed by atoms with Crippen molar-refractivity contribution < 1.29 is 19.1 Å². The minimum absolute atomic E-state index is 0.0974. The van der Waals surface area contributed by atoms with Crippen molar-refractivity contribution in [1.29, 1.82) is 0 Å². The zero-order chi connectivity index (χ0) is 21.1. The van der Waals surface area contributed by atoms with E-state index in [0.29, 0.717) is 28.1 Å². The smallest absolute Gasteiger partial charge is 0.262 e. The highest BCUT2D eigenvalue weighted by atomic mass is 16.5. The maximum atomic E-state index is 13.2. The van der Waals surface area contributed by atoms with Gasteiger partial charge in [-0.3, -0.25) is 14.4 Å². The number of carbonyl (C=O) groups excluding carboxylic acids is 3. The number of amides is 2. The first-order valence-electron chi connectivity index (χ1n) is 9.57. The summed E-state index contributed by atoms with van der Waals surface area (Å²) in [6.07, 6.45) is -0.798. The summed E-state index contributed by atoms with van der Waals surface area (Å²) in [6.45, 7) is 0.0974. The van der Waals surface area contributed by atoms with Gasteiger partial charge in [0.15, 0.2) is 11.9 Å². The van der Waals surface area contributed by atoms with Crippen LogP contribution in [0.3, 0.4) is 0 Å². The number of carbonyl (C=O) groups is 3. The van der Waals surface area contributed by atoms with Gasteiger partial charge < -0.3 is 15.0 Å². The lowest BCUT2D eigenvalue weighted by molar-refractivity contribution is -0.127. The van der Waals surface area contributed by atoms with E-state index in [4.69, 9.17) is 4.74 Å². The van der Waals surface area contributed by atoms with Gasteiger partial charge >= 0.3 is 0 Å². The SMILES string of the molecule is CNC(=O)[C@@H]1CN(C(=O)c2ccc(C(=O)c3ccccc3)cc2)c2ccccc2O1. The Hall–Kier alpha value is -3.93. The quantitative estimate of drug-likeness (QED) is 0.683. The summed E-state index contributed by atoms with van der Waals surface area (Å²) in [5.74, 6) is -0.197. The molecule has 3 aromatic rings. The standard InChI is InChI=1S/C24H20N2O4/c1-25-23(28)21-15-26(19-9-5-6-10-20(19)30-21)24(29)18-13-11-17(12-14-18)22(27)16-7-3-2-4-8-16/h2-14,21H,15H2,1H3,(H,25,28)/t21-/m0/s1. The van der Waals surface area contributed by atoms with Crippen LogP contribution in [0.1, 0.15) is 26.3 Å². The van der Waals surface area contributed by atoms with E-state index >= 15 is 0 Å². The highest BCUT2D eigenvalue weighted by molar-refractivity contribution is 6.11. The van der Waals surface area contributed by atoms with Crippen molar-refractivity contribution in [3.63, 3.8) is 0 Å². The van der Waals surface area contributed by atoms with Crippen LogP contribution in [0.15, 0.2) is 78.9 Å². The number of ether oxygens (including phenoxy) is 1. The Kier molecular flexibility index (Phi) is 5.30. The molecule has 3 aromatic carbocycles. The van der Waals surface area contributed by atoms with Crippen LogP contribution in [0.25, 0.3) is 0 Å². The van der Waals surface area contributed by atoms with Crippen molar-refractivity contribution in [2.45, 2.75) is 6.10 Å². The molecular formula is C24H20N2O4. The molecular weight excluding hydrogens is 380 g/mol. The number of likely N-dealkylation sites (N-methyl/N-ethyl adjacent to an activating group) is 1. The van der Waals surface area contributed by atoms with Gasteiger partial charge in [0.1, 0.15) is 5.75 Å². The molecule has 1 atom stereocenters. The normalized spacial score (nSPS) is 15.0. The summed E-state index contributed by atoms with van der Waals surface area (Å²) in [5, 5.41) is 2.56. The number of ketones is 1. The number of rotatable bonds is 4. The van der Waals surface area contributed by atoms with Crippen LogP contribution in [-0.2, 0) is 4.79 Å². The van der Waals surface area contributed by atoms with Gasteiger partial charge in [-0.15, -0.1) is 0 Å². The minimum Gasteiger partial charge on any atom is -0.477 e. The lowest BCUT2D eigenvalue weighted by Crippen LogP contribution is -2.50. The van der Waals surface area contributed by atoms with Crippen molar-refractivity contribution in [3.05, 3.63) is 95.6 Å². The maximum absolute atomic E-state index is 13.2. The van der Waals surface area contributed by atoms with Gasteiger partial charge in [0.25, 0.3) is 11.8 Å². The predicted octanol–water partition coefficient (Wildman–Crippen LogP) is 3.07.